The number of carbonyl (C=O) groups is 2. The van der Waals surface area contributed by atoms with E-state index in [4.69, 9.17) is 9.47 Å². The summed E-state index contributed by atoms with van der Waals surface area (Å²) < 4.78 is 10.9. The normalized spacial score (nSPS) is 26.1. The summed E-state index contributed by atoms with van der Waals surface area (Å²) in [6.07, 6.45) is 19.6. The molecule has 0 heterocycles. The van der Waals surface area contributed by atoms with Crippen LogP contribution in [0.3, 0.4) is 0 Å². The van der Waals surface area contributed by atoms with E-state index in [0.717, 1.165) is 56.3 Å². The average molecular weight is 465 g/mol. The van der Waals surface area contributed by atoms with Crippen molar-refractivity contribution in [1.82, 2.24) is 0 Å². The Morgan fingerprint density at radius 3 is 1.79 bits per heavy atom. The van der Waals surface area contributed by atoms with Gasteiger partial charge >= 0.3 is 11.9 Å². The van der Waals surface area contributed by atoms with Crippen molar-refractivity contribution in [3.63, 3.8) is 0 Å². The standard InChI is InChI=1S/C29H52O4/c1-5-6-9-12-23-13-15-24(16-14-23)25-17-19-26(20-18-25)27(30)32-21-10-7-8-11-22-33-28(31)29(2,3)4/h23-26H,5-22H2,1-4H3. The fraction of sp³-hybridized carbons (Fsp3) is 0.931. The molecule has 33 heavy (non-hydrogen) atoms. The molecule has 0 aromatic heterocycles. The monoisotopic (exact) mass is 464 g/mol. The van der Waals surface area contributed by atoms with Crippen LogP contribution < -0.4 is 0 Å². The van der Waals surface area contributed by atoms with Crippen molar-refractivity contribution >= 4 is 11.9 Å². The molecular weight excluding hydrogens is 412 g/mol. The van der Waals surface area contributed by atoms with Crippen molar-refractivity contribution in [2.75, 3.05) is 13.2 Å². The number of carbonyl (C=O) groups excluding carboxylic acids is 2. The van der Waals surface area contributed by atoms with Gasteiger partial charge in [0.1, 0.15) is 0 Å². The van der Waals surface area contributed by atoms with Gasteiger partial charge in [0.05, 0.1) is 24.5 Å². The summed E-state index contributed by atoms with van der Waals surface area (Å²) in [4.78, 5) is 24.2. The van der Waals surface area contributed by atoms with Gasteiger partial charge in [-0.3, -0.25) is 9.59 Å². The number of rotatable bonds is 13. The first-order valence-corrected chi connectivity index (χ1v) is 14.1. The summed E-state index contributed by atoms with van der Waals surface area (Å²) in [5.41, 5.74) is -0.430. The minimum atomic E-state index is -0.430. The van der Waals surface area contributed by atoms with Gasteiger partial charge in [-0.2, -0.15) is 0 Å². The van der Waals surface area contributed by atoms with Crippen LogP contribution in [0.1, 0.15) is 130 Å². The molecule has 2 rings (SSSR count). The third-order valence-electron chi connectivity index (χ3n) is 8.01. The van der Waals surface area contributed by atoms with E-state index in [2.05, 4.69) is 6.92 Å². The summed E-state index contributed by atoms with van der Waals surface area (Å²) in [7, 11) is 0. The maximum absolute atomic E-state index is 12.5. The second kappa shape index (κ2) is 15.0. The molecule has 0 N–H and O–H groups in total. The van der Waals surface area contributed by atoms with Gasteiger partial charge in [0.25, 0.3) is 0 Å². The predicted octanol–water partition coefficient (Wildman–Crippen LogP) is 7.87. The number of ether oxygens (including phenoxy) is 2. The van der Waals surface area contributed by atoms with E-state index in [1.165, 1.54) is 64.2 Å². The summed E-state index contributed by atoms with van der Waals surface area (Å²) in [5, 5.41) is 0. The second-order valence-corrected chi connectivity index (χ2v) is 11.9. The van der Waals surface area contributed by atoms with E-state index in [0.29, 0.717) is 13.2 Å². The highest BCUT2D eigenvalue weighted by molar-refractivity contribution is 5.75. The van der Waals surface area contributed by atoms with Crippen molar-refractivity contribution in [3.8, 4) is 0 Å². The molecule has 0 radical (unpaired) electrons. The third kappa shape index (κ3) is 10.8. The lowest BCUT2D eigenvalue weighted by molar-refractivity contribution is -0.153. The molecule has 0 unspecified atom stereocenters. The first-order chi connectivity index (χ1) is 15.8. The molecule has 0 aliphatic heterocycles. The minimum absolute atomic E-state index is 0.0344. The van der Waals surface area contributed by atoms with E-state index in [1.54, 1.807) is 0 Å². The smallest absolute Gasteiger partial charge is 0.311 e. The first kappa shape index (κ1) is 28.2. The van der Waals surface area contributed by atoms with E-state index < -0.39 is 5.41 Å². The van der Waals surface area contributed by atoms with Gasteiger partial charge in [-0.05, 0) is 103 Å². The molecule has 4 nitrogen and oxygen atoms in total. The lowest BCUT2D eigenvalue weighted by Gasteiger charge is -2.37. The van der Waals surface area contributed by atoms with Gasteiger partial charge in [-0.1, -0.05) is 45.4 Å². The molecule has 4 heteroatoms. The first-order valence-electron chi connectivity index (χ1n) is 14.1. The van der Waals surface area contributed by atoms with Crippen molar-refractivity contribution in [2.24, 2.45) is 29.1 Å². The Bertz CT molecular complexity index is 548. The Hall–Kier alpha value is -1.06. The SMILES string of the molecule is CCCCCC1CCC(C2CCC(C(=O)OCCCCCCOC(=O)C(C)(C)C)CC2)CC1. The van der Waals surface area contributed by atoms with Crippen LogP contribution in [0.4, 0.5) is 0 Å². The van der Waals surface area contributed by atoms with Crippen LogP contribution in [0, 0.1) is 29.1 Å². The Morgan fingerprint density at radius 1 is 0.697 bits per heavy atom. The van der Waals surface area contributed by atoms with Gasteiger partial charge in [0, 0.05) is 0 Å². The van der Waals surface area contributed by atoms with Gasteiger partial charge in [0.2, 0.25) is 0 Å². The molecule has 192 valence electrons. The van der Waals surface area contributed by atoms with E-state index >= 15 is 0 Å². The van der Waals surface area contributed by atoms with Crippen molar-refractivity contribution < 1.29 is 19.1 Å². The quantitative estimate of drug-likeness (QED) is 0.205. The molecule has 0 spiro atoms. The zero-order valence-electron chi connectivity index (χ0n) is 22.2. The number of hydrogen-bond acceptors (Lipinski definition) is 4. The van der Waals surface area contributed by atoms with Crippen LogP contribution in [-0.4, -0.2) is 25.2 Å². The fourth-order valence-electron chi connectivity index (χ4n) is 5.69. The molecule has 0 saturated heterocycles. The van der Waals surface area contributed by atoms with Gasteiger partial charge < -0.3 is 9.47 Å². The van der Waals surface area contributed by atoms with Crippen molar-refractivity contribution in [1.29, 1.82) is 0 Å². The number of unbranched alkanes of at least 4 members (excludes halogenated alkanes) is 5. The third-order valence-corrected chi connectivity index (χ3v) is 8.01. The molecule has 0 amide bonds. The maximum atomic E-state index is 12.5. The van der Waals surface area contributed by atoms with Crippen LogP contribution in [0.2, 0.25) is 0 Å². The maximum Gasteiger partial charge on any atom is 0.311 e. The average Bonchev–Trinajstić information content (AvgIpc) is 2.80. The summed E-state index contributed by atoms with van der Waals surface area (Å²) in [6, 6.07) is 0. The zero-order chi connectivity index (χ0) is 24.1. The minimum Gasteiger partial charge on any atom is -0.465 e. The molecule has 0 aromatic carbocycles. The highest BCUT2D eigenvalue weighted by Crippen LogP contribution is 2.42. The second-order valence-electron chi connectivity index (χ2n) is 11.9. The zero-order valence-corrected chi connectivity index (χ0v) is 22.2. The molecule has 0 atom stereocenters. The highest BCUT2D eigenvalue weighted by Gasteiger charge is 2.33. The molecule has 0 bridgehead atoms. The number of hydrogen-bond donors (Lipinski definition) is 0. The summed E-state index contributed by atoms with van der Waals surface area (Å²) in [6.45, 7) is 8.92. The van der Waals surface area contributed by atoms with Crippen LogP contribution in [-0.2, 0) is 19.1 Å². The van der Waals surface area contributed by atoms with Crippen LogP contribution in [0.15, 0.2) is 0 Å². The molecule has 0 aromatic rings. The van der Waals surface area contributed by atoms with Crippen molar-refractivity contribution in [2.45, 2.75) is 130 Å². The van der Waals surface area contributed by atoms with E-state index in [1.807, 2.05) is 20.8 Å². The molecule has 2 aliphatic rings. The Morgan fingerprint density at radius 2 is 1.24 bits per heavy atom. The Kier molecular flexibility index (Phi) is 12.8. The van der Waals surface area contributed by atoms with Crippen LogP contribution >= 0.6 is 0 Å². The van der Waals surface area contributed by atoms with E-state index in [-0.39, 0.29) is 17.9 Å². The number of esters is 2. The molecule has 2 fully saturated rings. The Balaban J connectivity index is 1.48. The van der Waals surface area contributed by atoms with E-state index in [9.17, 15) is 9.59 Å². The van der Waals surface area contributed by atoms with Crippen LogP contribution in [0.25, 0.3) is 0 Å². The summed E-state index contributed by atoms with van der Waals surface area (Å²) >= 11 is 0. The molecular formula is C29H52O4. The lowest BCUT2D eigenvalue weighted by Crippen LogP contribution is -2.29. The topological polar surface area (TPSA) is 52.6 Å². The fourth-order valence-corrected chi connectivity index (χ4v) is 5.69. The lowest BCUT2D eigenvalue weighted by atomic mass is 9.68. The predicted molar refractivity (Wildman–Crippen MR) is 135 cm³/mol. The highest BCUT2D eigenvalue weighted by atomic mass is 16.5. The molecule has 2 saturated carbocycles. The summed E-state index contributed by atoms with van der Waals surface area (Å²) in [5.74, 6) is 2.76. The van der Waals surface area contributed by atoms with Gasteiger partial charge in [-0.15, -0.1) is 0 Å². The van der Waals surface area contributed by atoms with Gasteiger partial charge in [-0.25, -0.2) is 0 Å². The molecule has 2 aliphatic carbocycles. The van der Waals surface area contributed by atoms with Crippen LogP contribution in [0.5, 0.6) is 0 Å². The Labute approximate surface area is 203 Å². The van der Waals surface area contributed by atoms with Crippen molar-refractivity contribution in [3.05, 3.63) is 0 Å². The van der Waals surface area contributed by atoms with Gasteiger partial charge in [0.15, 0.2) is 0 Å². The largest absolute Gasteiger partial charge is 0.465 e.